The predicted molar refractivity (Wildman–Crippen MR) is 217 cm³/mol. The van der Waals surface area contributed by atoms with Crippen LogP contribution in [-0.2, 0) is 31.9 Å². The van der Waals surface area contributed by atoms with Crippen LogP contribution in [0, 0.1) is 6.07 Å². The largest absolute Gasteiger partial charge is 0.296 e. The van der Waals surface area contributed by atoms with Crippen LogP contribution >= 0.6 is 0 Å². The zero-order chi connectivity index (χ0) is 34.8. The molecule has 0 aliphatic heterocycles. The number of rotatable bonds is 11. The Hall–Kier alpha value is -4.62. The summed E-state index contributed by atoms with van der Waals surface area (Å²) in [5.41, 5.74) is 16.9. The Kier molecular flexibility index (Phi) is 10.7. The number of aromatic nitrogens is 1. The molecule has 1 heterocycles. The Morgan fingerprint density at radius 3 is 1.94 bits per heavy atom. The Labute approximate surface area is 323 Å². The maximum Gasteiger partial charge on any atom is 0.0602 e. The molecule has 0 amide bonds. The summed E-state index contributed by atoms with van der Waals surface area (Å²) in [7, 11) is 0. The van der Waals surface area contributed by atoms with Crippen molar-refractivity contribution < 1.29 is 20.1 Å². The third-order valence-electron chi connectivity index (χ3n) is 11.0. The molecule has 0 saturated heterocycles. The second-order valence-corrected chi connectivity index (χ2v) is 14.8. The van der Waals surface area contributed by atoms with Crippen molar-refractivity contribution in [3.05, 3.63) is 162 Å². The first-order valence-corrected chi connectivity index (χ1v) is 18.9. The van der Waals surface area contributed by atoms with Crippen LogP contribution in [0.5, 0.6) is 0 Å². The van der Waals surface area contributed by atoms with Gasteiger partial charge in [0.05, 0.1) is 5.52 Å². The normalized spacial score (nSPS) is 12.7. The minimum atomic E-state index is -0.0780. The summed E-state index contributed by atoms with van der Waals surface area (Å²) in [5.74, 6) is 0. The van der Waals surface area contributed by atoms with Gasteiger partial charge in [-0.05, 0) is 80.6 Å². The van der Waals surface area contributed by atoms with Gasteiger partial charge in [-0.2, -0.15) is 0 Å². The summed E-state index contributed by atoms with van der Waals surface area (Å²) in [6.07, 6.45) is 9.14. The molecule has 1 aliphatic carbocycles. The van der Waals surface area contributed by atoms with E-state index in [1.54, 1.807) is 0 Å². The first kappa shape index (κ1) is 35.8. The number of benzene rings is 6. The quantitative estimate of drug-likeness (QED) is 0.0933. The van der Waals surface area contributed by atoms with Crippen LogP contribution < -0.4 is 0 Å². The van der Waals surface area contributed by atoms with Gasteiger partial charge >= 0.3 is 0 Å². The van der Waals surface area contributed by atoms with Crippen LogP contribution in [0.15, 0.2) is 140 Å². The minimum absolute atomic E-state index is 0. The zero-order valence-electron chi connectivity index (χ0n) is 30.5. The van der Waals surface area contributed by atoms with Gasteiger partial charge < -0.3 is 0 Å². The van der Waals surface area contributed by atoms with Crippen molar-refractivity contribution in [3.8, 4) is 55.8 Å². The molecule has 0 bridgehead atoms. The second-order valence-electron chi connectivity index (χ2n) is 14.8. The summed E-state index contributed by atoms with van der Waals surface area (Å²) in [6.45, 7) is 6.94. The molecule has 1 radical (unpaired) electrons. The number of nitrogens with zero attached hydrogens (tertiary/aromatic N) is 1. The van der Waals surface area contributed by atoms with E-state index in [-0.39, 0.29) is 25.5 Å². The van der Waals surface area contributed by atoms with Crippen molar-refractivity contribution >= 4 is 10.9 Å². The summed E-state index contributed by atoms with van der Waals surface area (Å²) < 4.78 is 0. The topological polar surface area (TPSA) is 12.9 Å². The SMILES string of the molecule is CCCCCCCCc1ccc(-c2ccccc2-c2ccc3nc(-c4[c-]cc5c(c4)C(C)(C)c4ccccc4-5)cc(-c4ccccc4)c3c2)cc1.[Ir]. The molecule has 0 saturated carbocycles. The van der Waals surface area contributed by atoms with Crippen molar-refractivity contribution in [1.29, 1.82) is 0 Å². The fourth-order valence-electron chi connectivity index (χ4n) is 8.12. The van der Waals surface area contributed by atoms with Crippen molar-refractivity contribution in [1.82, 2.24) is 4.98 Å². The Morgan fingerprint density at radius 1 is 0.538 bits per heavy atom. The molecule has 0 N–H and O–H groups in total. The number of pyridine rings is 1. The monoisotopic (exact) mass is 853 g/mol. The zero-order valence-corrected chi connectivity index (χ0v) is 32.9. The molecular formula is C50H46IrN-. The van der Waals surface area contributed by atoms with E-state index in [1.807, 2.05) is 0 Å². The van der Waals surface area contributed by atoms with Gasteiger partial charge in [0.25, 0.3) is 0 Å². The maximum atomic E-state index is 5.29. The molecular weight excluding hydrogens is 807 g/mol. The van der Waals surface area contributed by atoms with E-state index in [2.05, 4.69) is 166 Å². The van der Waals surface area contributed by atoms with E-state index in [9.17, 15) is 0 Å². The third kappa shape index (κ3) is 6.95. The summed E-state index contributed by atoms with van der Waals surface area (Å²) in [6, 6.07) is 54.8. The average molecular weight is 853 g/mol. The van der Waals surface area contributed by atoms with E-state index in [1.165, 1.54) is 99.7 Å². The smallest absolute Gasteiger partial charge is 0.0602 e. The molecule has 0 atom stereocenters. The van der Waals surface area contributed by atoms with E-state index < -0.39 is 0 Å². The molecule has 52 heavy (non-hydrogen) atoms. The minimum Gasteiger partial charge on any atom is -0.296 e. The molecule has 2 heteroatoms. The molecule has 6 aromatic carbocycles. The Morgan fingerprint density at radius 2 is 1.17 bits per heavy atom. The van der Waals surface area contributed by atoms with Crippen LogP contribution in [0.3, 0.4) is 0 Å². The van der Waals surface area contributed by atoms with Gasteiger partial charge in [-0.3, -0.25) is 4.98 Å². The number of unbranched alkanes of at least 4 members (excludes halogenated alkanes) is 5. The van der Waals surface area contributed by atoms with Gasteiger partial charge in [0.2, 0.25) is 0 Å². The molecule has 0 unspecified atom stereocenters. The summed E-state index contributed by atoms with van der Waals surface area (Å²) >= 11 is 0. The van der Waals surface area contributed by atoms with Gasteiger partial charge in [-0.1, -0.05) is 179 Å². The van der Waals surface area contributed by atoms with Crippen LogP contribution in [0.25, 0.3) is 66.7 Å². The van der Waals surface area contributed by atoms with Gasteiger partial charge in [0, 0.05) is 25.5 Å². The van der Waals surface area contributed by atoms with Crippen LogP contribution in [0.4, 0.5) is 0 Å². The van der Waals surface area contributed by atoms with Crippen molar-refractivity contribution in [2.75, 3.05) is 0 Å². The van der Waals surface area contributed by atoms with Gasteiger partial charge in [-0.25, -0.2) is 0 Å². The van der Waals surface area contributed by atoms with Crippen LogP contribution in [0.1, 0.15) is 76.0 Å². The molecule has 7 aromatic rings. The number of aryl methyl sites for hydroxylation is 1. The molecule has 0 fully saturated rings. The van der Waals surface area contributed by atoms with Gasteiger partial charge in [-0.15, -0.1) is 29.3 Å². The first-order valence-electron chi connectivity index (χ1n) is 18.9. The van der Waals surface area contributed by atoms with Crippen molar-refractivity contribution in [3.63, 3.8) is 0 Å². The number of fused-ring (bicyclic) bond motifs is 4. The molecule has 261 valence electrons. The predicted octanol–water partition coefficient (Wildman–Crippen LogP) is 13.9. The number of hydrogen-bond acceptors (Lipinski definition) is 1. The average Bonchev–Trinajstić information content (AvgIpc) is 3.41. The van der Waals surface area contributed by atoms with E-state index in [0.29, 0.717) is 0 Å². The molecule has 1 aromatic heterocycles. The third-order valence-corrected chi connectivity index (χ3v) is 11.0. The second kappa shape index (κ2) is 15.5. The van der Waals surface area contributed by atoms with Crippen molar-refractivity contribution in [2.24, 2.45) is 0 Å². The summed E-state index contributed by atoms with van der Waals surface area (Å²) in [5, 5.41) is 1.15. The standard InChI is InChI=1S/C50H46N.Ir/c1-4-5-6-7-8-10-17-35-24-26-37(27-25-35)40-20-13-14-21-41(40)38-29-31-48-45(32-38)44(36-18-11-9-12-19-36)34-49(51-48)39-28-30-43-42-22-15-16-23-46(42)50(2,3)47(43)33-39;/h9,11-16,18-27,29-34H,4-8,10,17H2,1-3H3;/q-1;. The van der Waals surface area contributed by atoms with E-state index in [4.69, 9.17) is 4.98 Å². The molecule has 1 aliphatic rings. The summed E-state index contributed by atoms with van der Waals surface area (Å²) in [4.78, 5) is 5.29. The van der Waals surface area contributed by atoms with E-state index in [0.717, 1.165) is 28.6 Å². The van der Waals surface area contributed by atoms with Crippen LogP contribution in [0.2, 0.25) is 0 Å². The van der Waals surface area contributed by atoms with Crippen molar-refractivity contribution in [2.45, 2.75) is 71.1 Å². The molecule has 8 rings (SSSR count). The fourth-order valence-corrected chi connectivity index (χ4v) is 8.12. The Bertz CT molecular complexity index is 2320. The first-order chi connectivity index (χ1) is 25.0. The molecule has 1 nitrogen and oxygen atoms in total. The Balaban J connectivity index is 0.00000420. The van der Waals surface area contributed by atoms with Gasteiger partial charge in [0.1, 0.15) is 0 Å². The van der Waals surface area contributed by atoms with Crippen LogP contribution in [-0.4, -0.2) is 4.98 Å². The maximum absolute atomic E-state index is 5.29. The molecule has 0 spiro atoms. The van der Waals surface area contributed by atoms with E-state index >= 15 is 0 Å². The van der Waals surface area contributed by atoms with Gasteiger partial charge in [0.15, 0.2) is 0 Å². The fraction of sp³-hybridized carbons (Fsp3) is 0.220. The number of hydrogen-bond donors (Lipinski definition) is 0.